The summed E-state index contributed by atoms with van der Waals surface area (Å²) in [5.74, 6) is 1.03. The summed E-state index contributed by atoms with van der Waals surface area (Å²) in [5.41, 5.74) is 1.90. The number of hydrogen-bond donors (Lipinski definition) is 1. The molecule has 0 spiro atoms. The fraction of sp³-hybridized carbons (Fsp3) is 0.611. The predicted molar refractivity (Wildman–Crippen MR) is 90.7 cm³/mol. The predicted octanol–water partition coefficient (Wildman–Crippen LogP) is 3.32. The van der Waals surface area contributed by atoms with E-state index in [4.69, 9.17) is 0 Å². The van der Waals surface area contributed by atoms with Crippen LogP contribution in [-0.4, -0.2) is 38.0 Å². The number of rotatable bonds is 7. The zero-order valence-corrected chi connectivity index (χ0v) is 13.7. The van der Waals surface area contributed by atoms with Crippen LogP contribution >= 0.6 is 0 Å². The fourth-order valence-electron chi connectivity index (χ4n) is 2.77. The van der Waals surface area contributed by atoms with Gasteiger partial charge in [0, 0.05) is 27.2 Å². The van der Waals surface area contributed by atoms with Crippen LogP contribution in [0.4, 0.5) is 0 Å². The van der Waals surface area contributed by atoms with Crippen molar-refractivity contribution in [1.82, 2.24) is 10.2 Å². The second kappa shape index (κ2) is 7.48. The van der Waals surface area contributed by atoms with Crippen LogP contribution in [0.2, 0.25) is 0 Å². The average molecular weight is 287 g/mol. The molecule has 1 aromatic carbocycles. The molecule has 0 bridgehead atoms. The van der Waals surface area contributed by atoms with Crippen molar-refractivity contribution in [3.05, 3.63) is 35.9 Å². The van der Waals surface area contributed by atoms with Crippen molar-refractivity contribution in [3.8, 4) is 0 Å². The number of guanidine groups is 1. The van der Waals surface area contributed by atoms with E-state index in [0.717, 1.165) is 19.0 Å². The lowest BCUT2D eigenvalue weighted by molar-refractivity contribution is 0.438. The Morgan fingerprint density at radius 1 is 1.29 bits per heavy atom. The molecule has 3 nitrogen and oxygen atoms in total. The second-order valence-corrected chi connectivity index (χ2v) is 6.34. The lowest BCUT2D eigenvalue weighted by atomic mass is 9.96. The molecule has 0 heterocycles. The Hall–Kier alpha value is -1.51. The Morgan fingerprint density at radius 2 is 2.00 bits per heavy atom. The van der Waals surface area contributed by atoms with E-state index in [2.05, 4.69) is 59.5 Å². The molecule has 2 rings (SSSR count). The molecule has 1 aliphatic carbocycles. The standard InChI is InChI=1S/C18H29N3/c1-4-5-13-21(3)17(19-2)20-15-18(11-12-18)14-16-9-7-6-8-10-16/h6-10H,4-5,11-15H2,1-3H3,(H,19,20). The molecule has 0 amide bonds. The minimum Gasteiger partial charge on any atom is -0.356 e. The molecule has 1 aliphatic rings. The van der Waals surface area contributed by atoms with Crippen LogP contribution in [0, 0.1) is 5.41 Å². The normalized spacial score (nSPS) is 16.6. The van der Waals surface area contributed by atoms with E-state index in [-0.39, 0.29) is 0 Å². The van der Waals surface area contributed by atoms with Crippen LogP contribution in [0.3, 0.4) is 0 Å². The van der Waals surface area contributed by atoms with Gasteiger partial charge >= 0.3 is 0 Å². The number of unbranched alkanes of at least 4 members (excludes halogenated alkanes) is 1. The quantitative estimate of drug-likeness (QED) is 0.615. The highest BCUT2D eigenvalue weighted by molar-refractivity contribution is 5.79. The molecule has 0 saturated heterocycles. The Morgan fingerprint density at radius 3 is 2.57 bits per heavy atom. The Bertz CT molecular complexity index is 449. The molecule has 1 fully saturated rings. The van der Waals surface area contributed by atoms with Crippen molar-refractivity contribution in [2.45, 2.75) is 39.0 Å². The van der Waals surface area contributed by atoms with Gasteiger partial charge in [-0.05, 0) is 36.7 Å². The van der Waals surface area contributed by atoms with E-state index >= 15 is 0 Å². The van der Waals surface area contributed by atoms with Gasteiger partial charge in [0.05, 0.1) is 0 Å². The molecule has 1 aromatic rings. The maximum Gasteiger partial charge on any atom is 0.193 e. The Kier molecular flexibility index (Phi) is 5.66. The lowest BCUT2D eigenvalue weighted by Gasteiger charge is -2.24. The lowest BCUT2D eigenvalue weighted by Crippen LogP contribution is -2.42. The maximum atomic E-state index is 4.41. The van der Waals surface area contributed by atoms with Crippen LogP contribution in [0.25, 0.3) is 0 Å². The molecule has 116 valence electrons. The van der Waals surface area contributed by atoms with Crippen LogP contribution in [-0.2, 0) is 6.42 Å². The van der Waals surface area contributed by atoms with E-state index in [0.29, 0.717) is 5.41 Å². The third-order valence-corrected chi connectivity index (χ3v) is 4.42. The molecular formula is C18H29N3. The Balaban J connectivity index is 1.84. The van der Waals surface area contributed by atoms with Crippen LogP contribution in [0.15, 0.2) is 35.3 Å². The van der Waals surface area contributed by atoms with Crippen molar-refractivity contribution < 1.29 is 0 Å². The van der Waals surface area contributed by atoms with Crippen molar-refractivity contribution in [3.63, 3.8) is 0 Å². The van der Waals surface area contributed by atoms with Gasteiger partial charge < -0.3 is 10.2 Å². The van der Waals surface area contributed by atoms with E-state index in [1.165, 1.54) is 37.7 Å². The van der Waals surface area contributed by atoms with Gasteiger partial charge in [0.15, 0.2) is 5.96 Å². The third-order valence-electron chi connectivity index (χ3n) is 4.42. The average Bonchev–Trinajstić information content (AvgIpc) is 3.26. The van der Waals surface area contributed by atoms with Crippen molar-refractivity contribution in [1.29, 1.82) is 0 Å². The van der Waals surface area contributed by atoms with Gasteiger partial charge in [0.1, 0.15) is 0 Å². The summed E-state index contributed by atoms with van der Waals surface area (Å²) < 4.78 is 0. The van der Waals surface area contributed by atoms with Crippen LogP contribution in [0.1, 0.15) is 38.2 Å². The highest BCUT2D eigenvalue weighted by Crippen LogP contribution is 2.47. The molecule has 0 unspecified atom stereocenters. The summed E-state index contributed by atoms with van der Waals surface area (Å²) in [4.78, 5) is 6.65. The monoisotopic (exact) mass is 287 g/mol. The van der Waals surface area contributed by atoms with Crippen LogP contribution in [0.5, 0.6) is 0 Å². The topological polar surface area (TPSA) is 27.6 Å². The van der Waals surface area contributed by atoms with E-state index < -0.39 is 0 Å². The first kappa shape index (κ1) is 15.9. The second-order valence-electron chi connectivity index (χ2n) is 6.34. The van der Waals surface area contributed by atoms with Gasteiger partial charge in [-0.15, -0.1) is 0 Å². The minimum absolute atomic E-state index is 0.447. The third kappa shape index (κ3) is 4.76. The molecule has 1 N–H and O–H groups in total. The first-order valence-electron chi connectivity index (χ1n) is 8.15. The zero-order valence-electron chi connectivity index (χ0n) is 13.7. The highest BCUT2D eigenvalue weighted by Gasteiger charge is 2.42. The molecule has 1 saturated carbocycles. The minimum atomic E-state index is 0.447. The summed E-state index contributed by atoms with van der Waals surface area (Å²) in [5, 5.41) is 3.58. The first-order chi connectivity index (χ1) is 10.2. The molecule has 0 aliphatic heterocycles. The summed E-state index contributed by atoms with van der Waals surface area (Å²) in [6, 6.07) is 10.8. The number of nitrogens with zero attached hydrogens (tertiary/aromatic N) is 2. The zero-order chi connectivity index (χ0) is 15.1. The molecule has 0 aromatic heterocycles. The SMILES string of the molecule is CCCCN(C)C(=NC)NCC1(Cc2ccccc2)CC1. The van der Waals surface area contributed by atoms with E-state index in [9.17, 15) is 0 Å². The summed E-state index contributed by atoms with van der Waals surface area (Å²) >= 11 is 0. The molecule has 3 heteroatoms. The summed E-state index contributed by atoms with van der Waals surface area (Å²) in [7, 11) is 4.00. The first-order valence-corrected chi connectivity index (χ1v) is 8.15. The van der Waals surface area contributed by atoms with Gasteiger partial charge in [-0.2, -0.15) is 0 Å². The van der Waals surface area contributed by atoms with Gasteiger partial charge in [0.2, 0.25) is 0 Å². The maximum absolute atomic E-state index is 4.41. The smallest absolute Gasteiger partial charge is 0.193 e. The number of benzene rings is 1. The molecule has 0 atom stereocenters. The van der Waals surface area contributed by atoms with Gasteiger partial charge in [-0.3, -0.25) is 4.99 Å². The number of hydrogen-bond acceptors (Lipinski definition) is 1. The van der Waals surface area contributed by atoms with Gasteiger partial charge in [-0.25, -0.2) is 0 Å². The largest absolute Gasteiger partial charge is 0.356 e. The number of aliphatic imine (C=N–C) groups is 1. The molecular weight excluding hydrogens is 258 g/mol. The van der Waals surface area contributed by atoms with Crippen molar-refractivity contribution in [2.75, 3.05) is 27.2 Å². The summed E-state index contributed by atoms with van der Waals surface area (Å²) in [6.45, 7) is 4.33. The van der Waals surface area contributed by atoms with Gasteiger partial charge in [-0.1, -0.05) is 43.7 Å². The highest BCUT2D eigenvalue weighted by atomic mass is 15.3. The molecule has 21 heavy (non-hydrogen) atoms. The summed E-state index contributed by atoms with van der Waals surface area (Å²) in [6.07, 6.45) is 6.26. The van der Waals surface area contributed by atoms with Crippen LogP contribution < -0.4 is 5.32 Å². The van der Waals surface area contributed by atoms with E-state index in [1.807, 2.05) is 7.05 Å². The molecule has 0 radical (unpaired) electrons. The Labute approximate surface area is 129 Å². The number of nitrogens with one attached hydrogen (secondary N) is 1. The fourth-order valence-corrected chi connectivity index (χ4v) is 2.77. The van der Waals surface area contributed by atoms with Crippen molar-refractivity contribution >= 4 is 5.96 Å². The van der Waals surface area contributed by atoms with Gasteiger partial charge in [0.25, 0.3) is 0 Å². The van der Waals surface area contributed by atoms with Crippen molar-refractivity contribution in [2.24, 2.45) is 10.4 Å². The van der Waals surface area contributed by atoms with E-state index in [1.54, 1.807) is 0 Å².